The molecule has 0 fully saturated rings. The minimum absolute atomic E-state index is 0.0239. The van der Waals surface area contributed by atoms with Crippen molar-refractivity contribution in [3.63, 3.8) is 0 Å². The van der Waals surface area contributed by atoms with E-state index >= 15 is 0 Å². The van der Waals surface area contributed by atoms with Crippen LogP contribution in [0.5, 0.6) is 0 Å². The molecule has 0 aliphatic carbocycles. The molecule has 4 heteroatoms. The summed E-state index contributed by atoms with van der Waals surface area (Å²) >= 11 is 0. The van der Waals surface area contributed by atoms with Crippen molar-refractivity contribution < 1.29 is 9.53 Å². The lowest BCUT2D eigenvalue weighted by Crippen LogP contribution is -2.44. The zero-order valence-electron chi connectivity index (χ0n) is 12.1. The Morgan fingerprint density at radius 1 is 1.47 bits per heavy atom. The van der Waals surface area contributed by atoms with Crippen LogP contribution >= 0.6 is 0 Å². The number of ether oxygens (including phenoxy) is 1. The van der Waals surface area contributed by atoms with E-state index in [0.29, 0.717) is 19.6 Å². The first-order valence-corrected chi connectivity index (χ1v) is 6.72. The Balaban J connectivity index is 2.71. The van der Waals surface area contributed by atoms with Crippen LogP contribution in [0.3, 0.4) is 0 Å². The topological polar surface area (TPSA) is 55.6 Å². The largest absolute Gasteiger partial charge is 0.385 e. The molecule has 2 N–H and O–H groups in total. The number of rotatable bonds is 7. The van der Waals surface area contributed by atoms with Gasteiger partial charge in [0.15, 0.2) is 0 Å². The van der Waals surface area contributed by atoms with Crippen LogP contribution in [0.15, 0.2) is 24.3 Å². The van der Waals surface area contributed by atoms with Gasteiger partial charge in [-0.05, 0) is 44.4 Å². The molecular weight excluding hydrogens is 240 g/mol. The van der Waals surface area contributed by atoms with Gasteiger partial charge in [-0.2, -0.15) is 0 Å². The van der Waals surface area contributed by atoms with Gasteiger partial charge >= 0.3 is 0 Å². The van der Waals surface area contributed by atoms with Gasteiger partial charge in [0.1, 0.15) is 0 Å². The maximum atomic E-state index is 12.3. The molecule has 0 bridgehead atoms. The molecule has 1 atom stereocenters. The number of aryl methyl sites for hydroxylation is 1. The van der Waals surface area contributed by atoms with Gasteiger partial charge in [0, 0.05) is 25.9 Å². The van der Waals surface area contributed by atoms with E-state index in [-0.39, 0.29) is 5.91 Å². The van der Waals surface area contributed by atoms with E-state index in [1.54, 1.807) is 12.0 Å². The van der Waals surface area contributed by atoms with Crippen molar-refractivity contribution in [3.8, 4) is 0 Å². The summed E-state index contributed by atoms with van der Waals surface area (Å²) in [5.41, 5.74) is 8.01. The van der Waals surface area contributed by atoms with Gasteiger partial charge in [0.25, 0.3) is 0 Å². The molecule has 1 aromatic rings. The van der Waals surface area contributed by atoms with Gasteiger partial charge in [0.2, 0.25) is 5.91 Å². The molecule has 19 heavy (non-hydrogen) atoms. The van der Waals surface area contributed by atoms with Gasteiger partial charge in [-0.15, -0.1) is 0 Å². The van der Waals surface area contributed by atoms with Gasteiger partial charge in [-0.1, -0.05) is 12.1 Å². The lowest BCUT2D eigenvalue weighted by molar-refractivity contribution is -0.120. The molecule has 0 aliphatic heterocycles. The number of hydrogen-bond acceptors (Lipinski definition) is 3. The summed E-state index contributed by atoms with van der Waals surface area (Å²) in [6.07, 6.45) is 1.45. The quantitative estimate of drug-likeness (QED) is 0.767. The maximum Gasteiger partial charge on any atom is 0.243 e. The third-order valence-corrected chi connectivity index (χ3v) is 3.08. The lowest BCUT2D eigenvalue weighted by atomic mass is 10.1. The molecule has 1 amide bonds. The van der Waals surface area contributed by atoms with Crippen LogP contribution in [-0.2, 0) is 9.53 Å². The molecule has 0 saturated heterocycles. The zero-order chi connectivity index (χ0) is 14.3. The van der Waals surface area contributed by atoms with Crippen LogP contribution in [-0.4, -0.2) is 32.2 Å². The number of anilines is 1. The van der Waals surface area contributed by atoms with E-state index in [4.69, 9.17) is 10.5 Å². The average Bonchev–Trinajstić information content (AvgIpc) is 2.39. The van der Waals surface area contributed by atoms with Crippen molar-refractivity contribution in [1.82, 2.24) is 0 Å². The fourth-order valence-electron chi connectivity index (χ4n) is 2.03. The number of hydrogen-bond donors (Lipinski definition) is 1. The van der Waals surface area contributed by atoms with Crippen LogP contribution < -0.4 is 10.6 Å². The summed E-state index contributed by atoms with van der Waals surface area (Å²) in [5.74, 6) is -0.0239. The van der Waals surface area contributed by atoms with Crippen molar-refractivity contribution in [2.75, 3.05) is 25.2 Å². The Kier molecular flexibility index (Phi) is 6.53. The summed E-state index contributed by atoms with van der Waals surface area (Å²) in [6.45, 7) is 5.24. The van der Waals surface area contributed by atoms with E-state index in [2.05, 4.69) is 0 Å². The van der Waals surface area contributed by atoms with E-state index in [9.17, 15) is 4.79 Å². The Morgan fingerprint density at radius 2 is 2.21 bits per heavy atom. The normalized spacial score (nSPS) is 12.2. The SMILES string of the molecule is CCN(C(=O)C(N)CCCOC)c1cccc(C)c1. The first-order valence-electron chi connectivity index (χ1n) is 6.72. The molecule has 1 unspecified atom stereocenters. The molecule has 4 nitrogen and oxygen atoms in total. The highest BCUT2D eigenvalue weighted by molar-refractivity contribution is 5.97. The van der Waals surface area contributed by atoms with Crippen molar-refractivity contribution in [2.45, 2.75) is 32.7 Å². The van der Waals surface area contributed by atoms with Crippen molar-refractivity contribution >= 4 is 11.6 Å². The lowest BCUT2D eigenvalue weighted by Gasteiger charge is -2.24. The number of nitrogens with zero attached hydrogens (tertiary/aromatic N) is 1. The Bertz CT molecular complexity index is 407. The van der Waals surface area contributed by atoms with Crippen LogP contribution in [0.1, 0.15) is 25.3 Å². The second-order valence-electron chi connectivity index (χ2n) is 4.66. The van der Waals surface area contributed by atoms with Gasteiger partial charge < -0.3 is 15.4 Å². The van der Waals surface area contributed by atoms with Crippen LogP contribution in [0.4, 0.5) is 5.69 Å². The number of carbonyl (C=O) groups excluding carboxylic acids is 1. The highest BCUT2D eigenvalue weighted by Crippen LogP contribution is 2.17. The number of benzene rings is 1. The van der Waals surface area contributed by atoms with Gasteiger partial charge in [-0.3, -0.25) is 4.79 Å². The van der Waals surface area contributed by atoms with Crippen LogP contribution in [0, 0.1) is 6.92 Å². The van der Waals surface area contributed by atoms with Crippen LogP contribution in [0.2, 0.25) is 0 Å². The molecule has 0 aromatic heterocycles. The molecule has 1 rings (SSSR count). The first-order chi connectivity index (χ1) is 9.10. The second kappa shape index (κ2) is 7.92. The third-order valence-electron chi connectivity index (χ3n) is 3.08. The summed E-state index contributed by atoms with van der Waals surface area (Å²) < 4.78 is 4.98. The van der Waals surface area contributed by atoms with Crippen molar-refractivity contribution in [3.05, 3.63) is 29.8 Å². The van der Waals surface area contributed by atoms with E-state index in [1.807, 2.05) is 38.1 Å². The zero-order valence-corrected chi connectivity index (χ0v) is 12.1. The number of carbonyl (C=O) groups is 1. The molecule has 1 aromatic carbocycles. The van der Waals surface area contributed by atoms with Crippen molar-refractivity contribution in [1.29, 1.82) is 0 Å². The molecule has 0 heterocycles. The minimum Gasteiger partial charge on any atom is -0.385 e. The highest BCUT2D eigenvalue weighted by Gasteiger charge is 2.20. The summed E-state index contributed by atoms with van der Waals surface area (Å²) in [4.78, 5) is 14.1. The summed E-state index contributed by atoms with van der Waals surface area (Å²) in [7, 11) is 1.65. The highest BCUT2D eigenvalue weighted by atomic mass is 16.5. The minimum atomic E-state index is -0.462. The standard InChI is InChI=1S/C15H24N2O2/c1-4-17(13-8-5-7-12(2)11-13)15(18)14(16)9-6-10-19-3/h5,7-8,11,14H,4,6,9-10,16H2,1-3H3. The summed E-state index contributed by atoms with van der Waals surface area (Å²) in [5, 5.41) is 0. The molecule has 0 spiro atoms. The Labute approximate surface area is 115 Å². The van der Waals surface area contributed by atoms with Gasteiger partial charge in [-0.25, -0.2) is 0 Å². The molecule has 106 valence electrons. The average molecular weight is 264 g/mol. The predicted octanol–water partition coefficient (Wildman–Crippen LogP) is 2.10. The van der Waals surface area contributed by atoms with E-state index in [1.165, 1.54) is 0 Å². The van der Waals surface area contributed by atoms with Crippen molar-refractivity contribution in [2.24, 2.45) is 5.73 Å². The number of amides is 1. The smallest absolute Gasteiger partial charge is 0.243 e. The Morgan fingerprint density at radius 3 is 2.79 bits per heavy atom. The Hall–Kier alpha value is -1.39. The molecule has 0 aliphatic rings. The maximum absolute atomic E-state index is 12.3. The molecule has 0 saturated carbocycles. The molecule has 0 radical (unpaired) electrons. The number of methoxy groups -OCH3 is 1. The van der Waals surface area contributed by atoms with Gasteiger partial charge in [0.05, 0.1) is 6.04 Å². The van der Waals surface area contributed by atoms with Crippen LogP contribution in [0.25, 0.3) is 0 Å². The van der Waals surface area contributed by atoms with E-state index < -0.39 is 6.04 Å². The fourth-order valence-corrected chi connectivity index (χ4v) is 2.03. The molecular formula is C15H24N2O2. The second-order valence-corrected chi connectivity index (χ2v) is 4.66. The number of nitrogens with two attached hydrogens (primary N) is 1. The first kappa shape index (κ1) is 15.7. The number of likely N-dealkylation sites (N-methyl/N-ethyl adjacent to an activating group) is 1. The summed E-state index contributed by atoms with van der Waals surface area (Å²) in [6, 6.07) is 7.45. The van der Waals surface area contributed by atoms with E-state index in [0.717, 1.165) is 17.7 Å². The predicted molar refractivity (Wildman–Crippen MR) is 78.3 cm³/mol. The fraction of sp³-hybridized carbons (Fsp3) is 0.533. The monoisotopic (exact) mass is 264 g/mol. The third kappa shape index (κ3) is 4.65.